The second-order valence-corrected chi connectivity index (χ2v) is 6.63. The third-order valence-electron chi connectivity index (χ3n) is 4.94. The van der Waals surface area contributed by atoms with Crippen molar-refractivity contribution >= 4 is 17.3 Å². The zero-order valence-corrected chi connectivity index (χ0v) is 13.5. The first-order valence-electron chi connectivity index (χ1n) is 8.36. The number of nitrogens with zero attached hydrogens (tertiary/aromatic N) is 2. The summed E-state index contributed by atoms with van der Waals surface area (Å²) >= 11 is 0. The van der Waals surface area contributed by atoms with E-state index >= 15 is 4.39 Å². The number of carbonyl (C=O) groups is 1. The lowest BCUT2D eigenvalue weighted by Crippen LogP contribution is -2.44. The molecule has 3 aliphatic rings. The van der Waals surface area contributed by atoms with Crippen LogP contribution in [0.1, 0.15) is 18.4 Å². The van der Waals surface area contributed by atoms with Crippen molar-refractivity contribution in [3.8, 4) is 0 Å². The van der Waals surface area contributed by atoms with Crippen LogP contribution in [0.5, 0.6) is 0 Å². The van der Waals surface area contributed by atoms with E-state index in [0.29, 0.717) is 26.2 Å². The largest absolute Gasteiger partial charge is 0.478 e. The fraction of sp³-hybridized carbons (Fsp3) is 0.471. The Bertz CT molecular complexity index is 771. The Morgan fingerprint density at radius 2 is 1.76 bits per heavy atom. The standard InChI is InChI=1S/C17H18F3N3O2/c18-12-11-7-9(17(24)25)8-23(10-1-2-10)15(11)14(20)16(13(12)19)22-5-3-21-4-6-22/h8,10,21H,1-7H2,(H,24,25). The first-order chi connectivity index (χ1) is 12.0. The van der Waals surface area contributed by atoms with Crippen molar-refractivity contribution in [2.24, 2.45) is 0 Å². The molecule has 0 atom stereocenters. The number of aliphatic carboxylic acids is 1. The zero-order chi connectivity index (χ0) is 17.7. The van der Waals surface area contributed by atoms with Crippen LogP contribution in [0.25, 0.3) is 0 Å². The average Bonchev–Trinajstić information content (AvgIpc) is 3.45. The van der Waals surface area contributed by atoms with E-state index < -0.39 is 23.4 Å². The molecule has 1 aliphatic carbocycles. The van der Waals surface area contributed by atoms with Crippen LogP contribution in [0.4, 0.5) is 24.5 Å². The molecule has 1 aromatic rings. The Balaban J connectivity index is 1.87. The summed E-state index contributed by atoms with van der Waals surface area (Å²) in [6.07, 6.45) is 2.58. The van der Waals surface area contributed by atoms with E-state index in [-0.39, 0.29) is 35.0 Å². The van der Waals surface area contributed by atoms with Gasteiger partial charge in [-0.3, -0.25) is 0 Å². The molecule has 1 saturated heterocycles. The van der Waals surface area contributed by atoms with Gasteiger partial charge in [0.2, 0.25) is 0 Å². The fourth-order valence-electron chi connectivity index (χ4n) is 3.52. The molecule has 2 aliphatic heterocycles. The topological polar surface area (TPSA) is 55.8 Å². The van der Waals surface area contributed by atoms with Gasteiger partial charge in [-0.05, 0) is 12.8 Å². The van der Waals surface area contributed by atoms with Gasteiger partial charge < -0.3 is 20.2 Å². The van der Waals surface area contributed by atoms with Crippen molar-refractivity contribution in [2.75, 3.05) is 36.0 Å². The summed E-state index contributed by atoms with van der Waals surface area (Å²) in [6, 6.07) is -0.0661. The minimum absolute atomic E-state index is 0.0140. The van der Waals surface area contributed by atoms with Gasteiger partial charge in [-0.15, -0.1) is 0 Å². The molecule has 0 bridgehead atoms. The molecule has 0 unspecified atom stereocenters. The predicted octanol–water partition coefficient (Wildman–Crippen LogP) is 2.01. The summed E-state index contributed by atoms with van der Waals surface area (Å²) in [5.41, 5.74) is -0.636. The molecule has 2 heterocycles. The molecule has 4 rings (SSSR count). The van der Waals surface area contributed by atoms with Gasteiger partial charge in [0.05, 0.1) is 11.3 Å². The van der Waals surface area contributed by atoms with Crippen LogP contribution in [0, 0.1) is 17.5 Å². The monoisotopic (exact) mass is 353 g/mol. The van der Waals surface area contributed by atoms with Crippen molar-refractivity contribution in [1.29, 1.82) is 0 Å². The Kier molecular flexibility index (Phi) is 3.87. The Hall–Kier alpha value is -2.22. The SMILES string of the molecule is O=C(O)C1=CN(C2CC2)c2c(F)c(N3CCNCC3)c(F)c(F)c2C1. The number of hydrogen-bond acceptors (Lipinski definition) is 4. The van der Waals surface area contributed by atoms with Crippen LogP contribution >= 0.6 is 0 Å². The maximum Gasteiger partial charge on any atom is 0.333 e. The molecule has 2 fully saturated rings. The number of carboxylic acids is 1. The van der Waals surface area contributed by atoms with Crippen molar-refractivity contribution < 1.29 is 23.1 Å². The Morgan fingerprint density at radius 1 is 1.08 bits per heavy atom. The van der Waals surface area contributed by atoms with Gasteiger partial charge in [-0.25, -0.2) is 18.0 Å². The van der Waals surface area contributed by atoms with Gasteiger partial charge >= 0.3 is 5.97 Å². The molecule has 8 heteroatoms. The Labute approximate surface area is 142 Å². The van der Waals surface area contributed by atoms with E-state index in [1.165, 1.54) is 16.0 Å². The van der Waals surface area contributed by atoms with E-state index in [1.54, 1.807) is 0 Å². The van der Waals surface area contributed by atoms with Crippen LogP contribution in [0.2, 0.25) is 0 Å². The molecule has 1 saturated carbocycles. The molecular formula is C17H18F3N3O2. The number of fused-ring (bicyclic) bond motifs is 1. The van der Waals surface area contributed by atoms with Crippen LogP contribution in [-0.4, -0.2) is 43.3 Å². The van der Waals surface area contributed by atoms with E-state index in [4.69, 9.17) is 0 Å². The number of piperazine rings is 1. The maximum absolute atomic E-state index is 15.3. The van der Waals surface area contributed by atoms with E-state index in [0.717, 1.165) is 12.8 Å². The predicted molar refractivity (Wildman–Crippen MR) is 86.3 cm³/mol. The smallest absolute Gasteiger partial charge is 0.333 e. The number of anilines is 2. The van der Waals surface area contributed by atoms with Crippen molar-refractivity contribution in [3.05, 3.63) is 34.8 Å². The molecule has 2 N–H and O–H groups in total. The minimum Gasteiger partial charge on any atom is -0.478 e. The van der Waals surface area contributed by atoms with Gasteiger partial charge in [0, 0.05) is 50.4 Å². The lowest BCUT2D eigenvalue weighted by molar-refractivity contribution is -0.132. The molecule has 0 aromatic heterocycles. The van der Waals surface area contributed by atoms with Gasteiger partial charge in [0.15, 0.2) is 17.5 Å². The number of nitrogens with one attached hydrogen (secondary N) is 1. The summed E-state index contributed by atoms with van der Waals surface area (Å²) in [7, 11) is 0. The van der Waals surface area contributed by atoms with Gasteiger partial charge in [-0.1, -0.05) is 0 Å². The number of benzene rings is 1. The molecule has 5 nitrogen and oxygen atoms in total. The minimum atomic E-state index is -1.24. The summed E-state index contributed by atoms with van der Waals surface area (Å²) in [4.78, 5) is 14.3. The van der Waals surface area contributed by atoms with Crippen LogP contribution in [0.3, 0.4) is 0 Å². The second kappa shape index (κ2) is 5.94. The van der Waals surface area contributed by atoms with Crippen LogP contribution in [0.15, 0.2) is 11.8 Å². The average molecular weight is 353 g/mol. The third-order valence-corrected chi connectivity index (χ3v) is 4.94. The van der Waals surface area contributed by atoms with E-state index in [1.807, 2.05) is 0 Å². The number of halogens is 3. The highest BCUT2D eigenvalue weighted by atomic mass is 19.2. The van der Waals surface area contributed by atoms with Crippen LogP contribution < -0.4 is 15.1 Å². The zero-order valence-electron chi connectivity index (χ0n) is 13.5. The number of carboxylic acid groups (broad SMARTS) is 1. The summed E-state index contributed by atoms with van der Waals surface area (Å²) < 4.78 is 44.6. The quantitative estimate of drug-likeness (QED) is 0.815. The fourth-order valence-corrected chi connectivity index (χ4v) is 3.52. The van der Waals surface area contributed by atoms with Gasteiger partial charge in [-0.2, -0.15) is 0 Å². The lowest BCUT2D eigenvalue weighted by atomic mass is 9.96. The molecule has 0 spiro atoms. The summed E-state index contributed by atoms with van der Waals surface area (Å²) in [5, 5.41) is 12.3. The maximum atomic E-state index is 15.3. The lowest BCUT2D eigenvalue weighted by Gasteiger charge is -2.34. The van der Waals surface area contributed by atoms with Crippen molar-refractivity contribution in [1.82, 2.24) is 5.32 Å². The highest BCUT2D eigenvalue weighted by Crippen LogP contribution is 2.44. The number of hydrogen-bond donors (Lipinski definition) is 2. The molecule has 0 radical (unpaired) electrons. The van der Waals surface area contributed by atoms with Gasteiger partial charge in [0.1, 0.15) is 5.69 Å². The van der Waals surface area contributed by atoms with E-state index in [9.17, 15) is 18.7 Å². The van der Waals surface area contributed by atoms with Crippen molar-refractivity contribution in [2.45, 2.75) is 25.3 Å². The first-order valence-corrected chi connectivity index (χ1v) is 8.36. The molecule has 1 aromatic carbocycles. The Morgan fingerprint density at radius 3 is 2.36 bits per heavy atom. The molecule has 0 amide bonds. The van der Waals surface area contributed by atoms with E-state index in [2.05, 4.69) is 5.32 Å². The highest BCUT2D eigenvalue weighted by Gasteiger charge is 2.39. The summed E-state index contributed by atoms with van der Waals surface area (Å²) in [6.45, 7) is 1.89. The second-order valence-electron chi connectivity index (χ2n) is 6.63. The third kappa shape index (κ3) is 2.64. The molecular weight excluding hydrogens is 335 g/mol. The molecule has 134 valence electrons. The van der Waals surface area contributed by atoms with Crippen molar-refractivity contribution in [3.63, 3.8) is 0 Å². The number of rotatable bonds is 3. The highest BCUT2D eigenvalue weighted by molar-refractivity contribution is 5.90. The summed E-state index contributed by atoms with van der Waals surface area (Å²) in [5.74, 6) is -4.39. The normalized spacial score (nSPS) is 20.4. The molecule has 25 heavy (non-hydrogen) atoms. The van der Waals surface area contributed by atoms with Crippen LogP contribution in [-0.2, 0) is 11.2 Å². The van der Waals surface area contributed by atoms with Gasteiger partial charge in [0.25, 0.3) is 0 Å². The first kappa shape index (κ1) is 16.3.